The molecule has 8 heteroatoms. The Kier molecular flexibility index (Phi) is 4.63. The number of pyridine rings is 1. The predicted octanol–water partition coefficient (Wildman–Crippen LogP) is 3.80. The molecule has 0 amide bonds. The molecule has 100 valence electrons. The van der Waals surface area contributed by atoms with E-state index < -0.39 is 0 Å². The van der Waals surface area contributed by atoms with Crippen LogP contribution in [0, 0.1) is 0 Å². The zero-order valence-corrected chi connectivity index (χ0v) is 12.1. The van der Waals surface area contributed by atoms with Crippen molar-refractivity contribution >= 4 is 40.6 Å². The Balaban J connectivity index is 2.14. The average molecular weight is 320 g/mol. The quantitative estimate of drug-likeness (QED) is 0.869. The van der Waals surface area contributed by atoms with Crippen LogP contribution < -0.4 is 10.3 Å². The first-order chi connectivity index (χ1) is 9.11. The summed E-state index contributed by atoms with van der Waals surface area (Å²) < 4.78 is 0. The minimum atomic E-state index is 0.179. The average Bonchev–Trinajstić information content (AvgIpc) is 2.39. The van der Waals surface area contributed by atoms with E-state index in [4.69, 9.17) is 39.6 Å². The van der Waals surface area contributed by atoms with Crippen LogP contribution >= 0.6 is 34.8 Å². The molecule has 0 unspecified atom stereocenters. The fraction of sp³-hybridized carbons (Fsp3) is 0.182. The summed E-state index contributed by atoms with van der Waals surface area (Å²) in [6.07, 6.45) is 3.51. The second-order valence-corrected chi connectivity index (χ2v) is 4.70. The van der Waals surface area contributed by atoms with Gasteiger partial charge in [0.15, 0.2) is 5.82 Å². The number of halogens is 3. The maximum absolute atomic E-state index is 6.10. The first kappa shape index (κ1) is 14.1. The second-order valence-electron chi connectivity index (χ2n) is 3.48. The van der Waals surface area contributed by atoms with Gasteiger partial charge in [-0.2, -0.15) is 0 Å². The molecule has 0 aliphatic rings. The number of aromatic nitrogens is 3. The Bertz CT molecular complexity index is 594. The number of rotatable bonds is 4. The molecule has 5 nitrogen and oxygen atoms in total. The van der Waals surface area contributed by atoms with Crippen LogP contribution in [0.25, 0.3) is 0 Å². The van der Waals surface area contributed by atoms with Gasteiger partial charge in [0.1, 0.15) is 16.4 Å². The number of nitrogens with one attached hydrogen (secondary N) is 1. The predicted molar refractivity (Wildman–Crippen MR) is 74.9 cm³/mol. The standard InChI is InChI=1S/C11H9Cl3N4O/c1-2-8-9(14)10(17-5-16-8)18-19-11-7(13)3-6(12)4-15-11/h3-5H,2H2,1H3,(H,16,17,18). The zero-order chi connectivity index (χ0) is 13.8. The molecular formula is C11H9Cl3N4O. The molecule has 2 heterocycles. The van der Waals surface area contributed by atoms with Gasteiger partial charge < -0.3 is 4.84 Å². The normalized spacial score (nSPS) is 10.3. The van der Waals surface area contributed by atoms with E-state index in [1.54, 1.807) is 0 Å². The van der Waals surface area contributed by atoms with Crippen LogP contribution in [0.4, 0.5) is 5.82 Å². The Morgan fingerprint density at radius 2 is 2.00 bits per heavy atom. The smallest absolute Gasteiger partial charge is 0.264 e. The van der Waals surface area contributed by atoms with Gasteiger partial charge in [-0.15, -0.1) is 0 Å². The molecule has 2 aromatic rings. The SMILES string of the molecule is CCc1ncnc(NOc2ncc(Cl)cc2Cl)c1Cl. The van der Waals surface area contributed by atoms with Gasteiger partial charge in [-0.05, 0) is 12.5 Å². The maximum Gasteiger partial charge on any atom is 0.264 e. The van der Waals surface area contributed by atoms with Crippen molar-refractivity contribution in [2.45, 2.75) is 13.3 Å². The third-order valence-electron chi connectivity index (χ3n) is 2.21. The molecule has 1 N–H and O–H groups in total. The Labute approximate surface area is 124 Å². The van der Waals surface area contributed by atoms with Gasteiger partial charge in [0.25, 0.3) is 5.88 Å². The molecule has 2 rings (SSSR count). The summed E-state index contributed by atoms with van der Waals surface area (Å²) in [7, 11) is 0. The lowest BCUT2D eigenvalue weighted by molar-refractivity contribution is 0.386. The first-order valence-corrected chi connectivity index (χ1v) is 6.48. The molecule has 19 heavy (non-hydrogen) atoms. The lowest BCUT2D eigenvalue weighted by Crippen LogP contribution is -2.09. The highest BCUT2D eigenvalue weighted by molar-refractivity contribution is 6.35. The highest BCUT2D eigenvalue weighted by atomic mass is 35.5. The highest BCUT2D eigenvalue weighted by Crippen LogP contribution is 2.26. The molecule has 0 atom stereocenters. The van der Waals surface area contributed by atoms with E-state index in [1.165, 1.54) is 18.6 Å². The molecule has 0 bridgehead atoms. The van der Waals surface area contributed by atoms with Gasteiger partial charge in [-0.1, -0.05) is 41.7 Å². The molecule has 2 aromatic heterocycles. The second kappa shape index (κ2) is 6.23. The molecule has 0 spiro atoms. The van der Waals surface area contributed by atoms with E-state index in [9.17, 15) is 0 Å². The van der Waals surface area contributed by atoms with Gasteiger partial charge in [0.2, 0.25) is 0 Å². The van der Waals surface area contributed by atoms with Crippen molar-refractivity contribution < 1.29 is 4.84 Å². The van der Waals surface area contributed by atoms with Gasteiger partial charge in [0, 0.05) is 6.20 Å². The van der Waals surface area contributed by atoms with Crippen LogP contribution in [0.5, 0.6) is 5.88 Å². The number of aryl methyl sites for hydroxylation is 1. The minimum absolute atomic E-state index is 0.179. The molecule has 0 saturated carbocycles. The minimum Gasteiger partial charge on any atom is -0.359 e. The molecule has 0 radical (unpaired) electrons. The van der Waals surface area contributed by atoms with Crippen LogP contribution in [-0.2, 0) is 6.42 Å². The third-order valence-corrected chi connectivity index (χ3v) is 3.09. The van der Waals surface area contributed by atoms with Crippen LogP contribution in [0.1, 0.15) is 12.6 Å². The van der Waals surface area contributed by atoms with E-state index in [0.29, 0.717) is 22.3 Å². The van der Waals surface area contributed by atoms with E-state index in [-0.39, 0.29) is 10.9 Å². The Morgan fingerprint density at radius 1 is 1.21 bits per heavy atom. The van der Waals surface area contributed by atoms with E-state index >= 15 is 0 Å². The summed E-state index contributed by atoms with van der Waals surface area (Å²) in [4.78, 5) is 17.2. The lowest BCUT2D eigenvalue weighted by Gasteiger charge is -2.10. The summed E-state index contributed by atoms with van der Waals surface area (Å²) in [6, 6.07) is 1.52. The molecule has 0 aliphatic heterocycles. The number of nitrogens with zero attached hydrogens (tertiary/aromatic N) is 3. The molecule has 0 aromatic carbocycles. The van der Waals surface area contributed by atoms with Crippen LogP contribution in [0.2, 0.25) is 15.1 Å². The zero-order valence-electron chi connectivity index (χ0n) is 9.82. The topological polar surface area (TPSA) is 59.9 Å². The van der Waals surface area contributed by atoms with E-state index in [0.717, 1.165) is 5.69 Å². The van der Waals surface area contributed by atoms with Gasteiger partial charge >= 0.3 is 0 Å². The monoisotopic (exact) mass is 318 g/mol. The summed E-state index contributed by atoms with van der Waals surface area (Å²) in [5.41, 5.74) is 3.31. The highest BCUT2D eigenvalue weighted by Gasteiger charge is 2.10. The van der Waals surface area contributed by atoms with E-state index in [1.807, 2.05) is 6.92 Å². The van der Waals surface area contributed by atoms with Crippen molar-refractivity contribution in [1.82, 2.24) is 15.0 Å². The lowest BCUT2D eigenvalue weighted by atomic mass is 10.3. The largest absolute Gasteiger partial charge is 0.359 e. The maximum atomic E-state index is 6.10. The summed E-state index contributed by atoms with van der Waals surface area (Å²) in [5, 5.41) is 1.10. The van der Waals surface area contributed by atoms with Crippen molar-refractivity contribution in [3.8, 4) is 5.88 Å². The van der Waals surface area contributed by atoms with E-state index in [2.05, 4.69) is 20.4 Å². The molecular weight excluding hydrogens is 311 g/mol. The van der Waals surface area contributed by atoms with Crippen molar-refractivity contribution in [2.75, 3.05) is 5.48 Å². The molecule has 0 aliphatic carbocycles. The molecule has 0 saturated heterocycles. The summed E-state index contributed by atoms with van der Waals surface area (Å²) in [5.74, 6) is 0.528. The van der Waals surface area contributed by atoms with Crippen LogP contribution in [-0.4, -0.2) is 15.0 Å². The van der Waals surface area contributed by atoms with Gasteiger partial charge in [-0.25, -0.2) is 20.4 Å². The van der Waals surface area contributed by atoms with Crippen molar-refractivity contribution in [1.29, 1.82) is 0 Å². The summed E-state index contributed by atoms with van der Waals surface area (Å²) in [6.45, 7) is 1.94. The van der Waals surface area contributed by atoms with Gasteiger partial charge in [-0.3, -0.25) is 0 Å². The fourth-order valence-electron chi connectivity index (χ4n) is 1.30. The Morgan fingerprint density at radius 3 is 2.68 bits per heavy atom. The van der Waals surface area contributed by atoms with Crippen LogP contribution in [0.3, 0.4) is 0 Å². The molecule has 0 fully saturated rings. The Hall–Kier alpha value is -1.30. The van der Waals surface area contributed by atoms with Crippen molar-refractivity contribution in [3.05, 3.63) is 39.4 Å². The van der Waals surface area contributed by atoms with Crippen molar-refractivity contribution in [3.63, 3.8) is 0 Å². The number of hydrogen-bond acceptors (Lipinski definition) is 5. The number of anilines is 1. The third kappa shape index (κ3) is 3.37. The van der Waals surface area contributed by atoms with Gasteiger partial charge in [0.05, 0.1) is 10.7 Å². The first-order valence-electron chi connectivity index (χ1n) is 5.35. The fourth-order valence-corrected chi connectivity index (χ4v) is 1.99. The van der Waals surface area contributed by atoms with Crippen molar-refractivity contribution in [2.24, 2.45) is 0 Å². The summed E-state index contributed by atoms with van der Waals surface area (Å²) >= 11 is 17.7. The van der Waals surface area contributed by atoms with Crippen LogP contribution in [0.15, 0.2) is 18.6 Å². The number of hydrogen-bond donors (Lipinski definition) is 1.